The fraction of sp³-hybridized carbons (Fsp3) is 0.208. The van der Waals surface area contributed by atoms with Crippen molar-refractivity contribution in [3.63, 3.8) is 0 Å². The largest absolute Gasteiger partial charge is 0.491 e. The van der Waals surface area contributed by atoms with E-state index in [4.69, 9.17) is 9.15 Å². The summed E-state index contributed by atoms with van der Waals surface area (Å²) in [7, 11) is 1.66. The summed E-state index contributed by atoms with van der Waals surface area (Å²) in [6.45, 7) is 4.17. The molecule has 4 aromatic rings. The third-order valence-electron chi connectivity index (χ3n) is 4.78. The van der Waals surface area contributed by atoms with Crippen LogP contribution >= 0.6 is 0 Å². The Balaban J connectivity index is 1.63. The van der Waals surface area contributed by atoms with Gasteiger partial charge in [-0.2, -0.15) is 0 Å². The first-order valence-corrected chi connectivity index (χ1v) is 9.75. The third kappa shape index (κ3) is 3.89. The first-order chi connectivity index (χ1) is 14.4. The Kier molecular flexibility index (Phi) is 5.23. The normalized spacial score (nSPS) is 11.2. The molecule has 6 nitrogen and oxygen atoms in total. The van der Waals surface area contributed by atoms with Gasteiger partial charge in [-0.05, 0) is 43.7 Å². The van der Waals surface area contributed by atoms with E-state index in [1.165, 1.54) is 4.90 Å². The molecule has 30 heavy (non-hydrogen) atoms. The number of aromatic nitrogens is 1. The lowest BCUT2D eigenvalue weighted by molar-refractivity contribution is 0.0781. The van der Waals surface area contributed by atoms with E-state index in [1.807, 2.05) is 44.2 Å². The number of benzene rings is 2. The maximum Gasteiger partial charge on any atom is 0.349 e. The molecule has 2 heterocycles. The van der Waals surface area contributed by atoms with Crippen LogP contribution in [0.2, 0.25) is 0 Å². The van der Waals surface area contributed by atoms with Gasteiger partial charge < -0.3 is 14.1 Å². The first kappa shape index (κ1) is 19.6. The van der Waals surface area contributed by atoms with E-state index in [0.717, 1.165) is 16.5 Å². The fourth-order valence-electron chi connectivity index (χ4n) is 3.41. The van der Waals surface area contributed by atoms with Gasteiger partial charge in [0.05, 0.1) is 11.6 Å². The molecule has 0 saturated carbocycles. The molecule has 0 N–H and O–H groups in total. The van der Waals surface area contributed by atoms with Crippen LogP contribution < -0.4 is 10.4 Å². The number of fused-ring (bicyclic) bond motifs is 2. The molecule has 0 aliphatic carbocycles. The number of para-hydroxylation sites is 1. The summed E-state index contributed by atoms with van der Waals surface area (Å²) in [6.07, 6.45) is 1.73. The lowest BCUT2D eigenvalue weighted by Gasteiger charge is -2.18. The monoisotopic (exact) mass is 402 g/mol. The van der Waals surface area contributed by atoms with Gasteiger partial charge in [-0.15, -0.1) is 0 Å². The highest BCUT2D eigenvalue weighted by atomic mass is 16.5. The van der Waals surface area contributed by atoms with Crippen LogP contribution in [0, 0.1) is 0 Å². The predicted octanol–water partition coefficient (Wildman–Crippen LogP) is 4.40. The molecule has 0 atom stereocenters. The summed E-state index contributed by atoms with van der Waals surface area (Å²) in [5.41, 5.74) is 1.45. The van der Waals surface area contributed by atoms with Crippen molar-refractivity contribution in [2.75, 3.05) is 7.05 Å². The van der Waals surface area contributed by atoms with E-state index in [9.17, 15) is 9.59 Å². The van der Waals surface area contributed by atoms with E-state index in [-0.39, 0.29) is 11.7 Å². The topological polar surface area (TPSA) is 72.6 Å². The molecule has 0 saturated heterocycles. The molecule has 0 aliphatic rings. The van der Waals surface area contributed by atoms with E-state index in [2.05, 4.69) is 4.98 Å². The zero-order valence-corrected chi connectivity index (χ0v) is 17.1. The van der Waals surface area contributed by atoms with Crippen molar-refractivity contribution < 1.29 is 13.9 Å². The molecule has 0 spiro atoms. The molecule has 0 aliphatic heterocycles. The van der Waals surface area contributed by atoms with Crippen LogP contribution in [0.5, 0.6) is 5.75 Å². The number of ether oxygens (including phenoxy) is 1. The molecule has 0 fully saturated rings. The average Bonchev–Trinajstić information content (AvgIpc) is 2.72. The average molecular weight is 402 g/mol. The Labute approximate surface area is 173 Å². The Hall–Kier alpha value is -3.67. The van der Waals surface area contributed by atoms with Gasteiger partial charge in [0.15, 0.2) is 0 Å². The smallest absolute Gasteiger partial charge is 0.349 e. The molecule has 2 aromatic carbocycles. The minimum atomic E-state index is -0.669. The number of amides is 1. The molecule has 0 bridgehead atoms. The van der Waals surface area contributed by atoms with E-state index in [1.54, 1.807) is 37.5 Å². The SMILES string of the molecule is CC(C)Oc1ccc2cc(C(=O)N(C)Cc3cccc4cccnc34)c(=O)oc2c1. The maximum absolute atomic E-state index is 13.0. The maximum atomic E-state index is 13.0. The molecule has 152 valence electrons. The second kappa shape index (κ2) is 7.99. The third-order valence-corrected chi connectivity index (χ3v) is 4.78. The van der Waals surface area contributed by atoms with Crippen molar-refractivity contribution in [1.29, 1.82) is 0 Å². The number of hydrogen-bond donors (Lipinski definition) is 0. The van der Waals surface area contributed by atoms with Gasteiger partial charge in [0, 0.05) is 36.6 Å². The van der Waals surface area contributed by atoms with Gasteiger partial charge in [0.25, 0.3) is 5.91 Å². The van der Waals surface area contributed by atoms with E-state index in [0.29, 0.717) is 23.3 Å². The van der Waals surface area contributed by atoms with Gasteiger partial charge in [0.1, 0.15) is 16.9 Å². The van der Waals surface area contributed by atoms with Crippen LogP contribution in [-0.2, 0) is 6.54 Å². The number of carbonyl (C=O) groups is 1. The lowest BCUT2D eigenvalue weighted by Crippen LogP contribution is -2.30. The molecular formula is C24H22N2O4. The van der Waals surface area contributed by atoms with Crippen LogP contribution in [0.25, 0.3) is 21.9 Å². The van der Waals surface area contributed by atoms with Gasteiger partial charge in [-0.3, -0.25) is 9.78 Å². The Morgan fingerprint density at radius 3 is 2.70 bits per heavy atom. The van der Waals surface area contributed by atoms with Gasteiger partial charge in [0.2, 0.25) is 0 Å². The summed E-state index contributed by atoms with van der Waals surface area (Å²) in [4.78, 5) is 31.4. The summed E-state index contributed by atoms with van der Waals surface area (Å²) in [6, 6.07) is 16.5. The number of hydrogen-bond acceptors (Lipinski definition) is 5. The molecule has 0 radical (unpaired) electrons. The number of carbonyl (C=O) groups excluding carboxylic acids is 1. The van der Waals surface area contributed by atoms with Crippen molar-refractivity contribution in [1.82, 2.24) is 9.88 Å². The zero-order chi connectivity index (χ0) is 21.3. The molecular weight excluding hydrogens is 380 g/mol. The standard InChI is InChI=1S/C24H22N2O4/c1-15(2)29-19-10-9-17-12-20(24(28)30-21(17)13-19)23(27)26(3)14-18-7-4-6-16-8-5-11-25-22(16)18/h4-13,15H,14H2,1-3H3. The van der Waals surface area contributed by atoms with Gasteiger partial charge >= 0.3 is 5.63 Å². The summed E-state index contributed by atoms with van der Waals surface area (Å²) in [5.74, 6) is 0.210. The van der Waals surface area contributed by atoms with E-state index < -0.39 is 11.5 Å². The number of rotatable bonds is 5. The molecule has 2 aromatic heterocycles. The Morgan fingerprint density at radius 2 is 1.90 bits per heavy atom. The fourth-order valence-corrected chi connectivity index (χ4v) is 3.41. The summed E-state index contributed by atoms with van der Waals surface area (Å²) >= 11 is 0. The molecule has 6 heteroatoms. The van der Waals surface area contributed by atoms with Crippen LogP contribution in [0.3, 0.4) is 0 Å². The second-order valence-corrected chi connectivity index (χ2v) is 7.47. The minimum Gasteiger partial charge on any atom is -0.491 e. The van der Waals surface area contributed by atoms with Crippen LogP contribution in [0.4, 0.5) is 0 Å². The van der Waals surface area contributed by atoms with Crippen molar-refractivity contribution in [2.45, 2.75) is 26.5 Å². The Bertz CT molecular complexity index is 1290. The summed E-state index contributed by atoms with van der Waals surface area (Å²) < 4.78 is 11.0. The van der Waals surface area contributed by atoms with E-state index >= 15 is 0 Å². The first-order valence-electron chi connectivity index (χ1n) is 9.75. The summed E-state index contributed by atoms with van der Waals surface area (Å²) in [5, 5.41) is 1.66. The van der Waals surface area contributed by atoms with Gasteiger partial charge in [-0.25, -0.2) is 4.79 Å². The number of nitrogens with zero attached hydrogens (tertiary/aromatic N) is 2. The van der Waals surface area contributed by atoms with Crippen LogP contribution in [-0.4, -0.2) is 28.9 Å². The highest BCUT2D eigenvalue weighted by Gasteiger charge is 2.19. The highest BCUT2D eigenvalue weighted by molar-refractivity contribution is 5.96. The quantitative estimate of drug-likeness (QED) is 0.463. The highest BCUT2D eigenvalue weighted by Crippen LogP contribution is 2.22. The minimum absolute atomic E-state index is 0.00396. The van der Waals surface area contributed by atoms with Crippen LogP contribution in [0.15, 0.2) is 70.0 Å². The van der Waals surface area contributed by atoms with Crippen molar-refractivity contribution >= 4 is 27.8 Å². The lowest BCUT2D eigenvalue weighted by atomic mass is 10.1. The Morgan fingerprint density at radius 1 is 1.10 bits per heavy atom. The zero-order valence-electron chi connectivity index (χ0n) is 17.1. The van der Waals surface area contributed by atoms with Crippen molar-refractivity contribution in [3.05, 3.63) is 82.3 Å². The van der Waals surface area contributed by atoms with Crippen LogP contribution in [0.1, 0.15) is 29.8 Å². The number of pyridine rings is 1. The molecule has 1 amide bonds. The van der Waals surface area contributed by atoms with Crippen molar-refractivity contribution in [2.24, 2.45) is 0 Å². The molecule has 0 unspecified atom stereocenters. The van der Waals surface area contributed by atoms with Crippen molar-refractivity contribution in [3.8, 4) is 5.75 Å². The molecule has 4 rings (SSSR count). The van der Waals surface area contributed by atoms with Gasteiger partial charge in [-0.1, -0.05) is 24.3 Å². The predicted molar refractivity (Wildman–Crippen MR) is 116 cm³/mol. The second-order valence-electron chi connectivity index (χ2n) is 7.47.